The molecule has 112 valence electrons. The zero-order chi connectivity index (χ0) is 15.3. The summed E-state index contributed by atoms with van der Waals surface area (Å²) in [6, 6.07) is 7.89. The van der Waals surface area contributed by atoms with Crippen LogP contribution in [-0.2, 0) is 4.79 Å². The highest BCUT2D eigenvalue weighted by molar-refractivity contribution is 5.80. The first-order chi connectivity index (χ1) is 9.36. The fourth-order valence-electron chi connectivity index (χ4n) is 1.86. The molecule has 0 aliphatic heterocycles. The third-order valence-corrected chi connectivity index (χ3v) is 3.54. The summed E-state index contributed by atoms with van der Waals surface area (Å²) in [6.07, 6.45) is -0.517. The van der Waals surface area contributed by atoms with E-state index in [-0.39, 0.29) is 11.9 Å². The van der Waals surface area contributed by atoms with E-state index in [0.717, 1.165) is 5.75 Å². The van der Waals surface area contributed by atoms with Crippen LogP contribution in [-0.4, -0.2) is 36.5 Å². The number of hydrogen-bond donors (Lipinski definition) is 1. The van der Waals surface area contributed by atoms with Gasteiger partial charge in [0.15, 0.2) is 6.10 Å². The van der Waals surface area contributed by atoms with Gasteiger partial charge in [-0.1, -0.05) is 26.0 Å². The summed E-state index contributed by atoms with van der Waals surface area (Å²) < 4.78 is 5.75. The second-order valence-electron chi connectivity index (χ2n) is 5.52. The second kappa shape index (κ2) is 7.29. The van der Waals surface area contributed by atoms with Gasteiger partial charge in [-0.2, -0.15) is 0 Å². The van der Waals surface area contributed by atoms with Gasteiger partial charge < -0.3 is 15.4 Å². The first-order valence-electron chi connectivity index (χ1n) is 7.10. The van der Waals surface area contributed by atoms with Gasteiger partial charge in [-0.25, -0.2) is 0 Å². The van der Waals surface area contributed by atoms with Crippen molar-refractivity contribution in [2.45, 2.75) is 45.8 Å². The van der Waals surface area contributed by atoms with Gasteiger partial charge in [-0.3, -0.25) is 4.79 Å². The molecule has 2 N–H and O–H groups in total. The molecule has 0 aliphatic carbocycles. The van der Waals surface area contributed by atoms with Crippen LogP contribution < -0.4 is 10.5 Å². The van der Waals surface area contributed by atoms with Gasteiger partial charge in [0, 0.05) is 19.6 Å². The van der Waals surface area contributed by atoms with Gasteiger partial charge >= 0.3 is 0 Å². The van der Waals surface area contributed by atoms with Crippen molar-refractivity contribution >= 4 is 5.91 Å². The summed E-state index contributed by atoms with van der Waals surface area (Å²) in [5, 5.41) is 0. The molecule has 0 saturated carbocycles. The molecule has 0 fully saturated rings. The Morgan fingerprint density at radius 1 is 1.30 bits per heavy atom. The van der Waals surface area contributed by atoms with Crippen LogP contribution in [0.2, 0.25) is 0 Å². The van der Waals surface area contributed by atoms with Crippen LogP contribution in [0.25, 0.3) is 0 Å². The van der Waals surface area contributed by atoms with Crippen LogP contribution in [0, 0.1) is 0 Å². The lowest BCUT2D eigenvalue weighted by molar-refractivity contribution is -0.138. The van der Waals surface area contributed by atoms with Gasteiger partial charge in [0.1, 0.15) is 5.75 Å². The molecule has 4 nitrogen and oxygen atoms in total. The summed E-state index contributed by atoms with van der Waals surface area (Å²) in [7, 11) is 1.75. The van der Waals surface area contributed by atoms with E-state index in [1.807, 2.05) is 25.1 Å². The van der Waals surface area contributed by atoms with Crippen molar-refractivity contribution in [1.82, 2.24) is 4.90 Å². The van der Waals surface area contributed by atoms with Crippen molar-refractivity contribution in [1.29, 1.82) is 0 Å². The minimum atomic E-state index is -0.517. The van der Waals surface area contributed by atoms with E-state index in [4.69, 9.17) is 10.5 Å². The molecule has 4 heteroatoms. The third kappa shape index (κ3) is 4.23. The van der Waals surface area contributed by atoms with Crippen molar-refractivity contribution in [3.05, 3.63) is 29.8 Å². The molecule has 1 aromatic carbocycles. The molecule has 0 heterocycles. The van der Waals surface area contributed by atoms with Crippen LogP contribution >= 0.6 is 0 Å². The SMILES string of the molecule is CC(Oc1cccc(C(C)C)c1)C(=O)N(C)C(C)CN. The van der Waals surface area contributed by atoms with Crippen molar-refractivity contribution in [2.24, 2.45) is 5.73 Å². The number of benzene rings is 1. The lowest BCUT2D eigenvalue weighted by atomic mass is 10.0. The van der Waals surface area contributed by atoms with Crippen LogP contribution in [0.3, 0.4) is 0 Å². The normalized spacial score (nSPS) is 13.9. The molecule has 0 bridgehead atoms. The van der Waals surface area contributed by atoms with Gasteiger partial charge in [-0.15, -0.1) is 0 Å². The molecule has 1 aromatic rings. The number of carbonyl (C=O) groups excluding carboxylic acids is 1. The lowest BCUT2D eigenvalue weighted by Crippen LogP contribution is -2.45. The Balaban J connectivity index is 2.72. The van der Waals surface area contributed by atoms with Gasteiger partial charge in [0.25, 0.3) is 5.91 Å². The molecule has 0 spiro atoms. The first kappa shape index (κ1) is 16.5. The summed E-state index contributed by atoms with van der Waals surface area (Å²) in [4.78, 5) is 13.8. The molecular weight excluding hydrogens is 252 g/mol. The van der Waals surface area contributed by atoms with Crippen LogP contribution in [0.15, 0.2) is 24.3 Å². The molecule has 2 unspecified atom stereocenters. The summed E-state index contributed by atoms with van der Waals surface area (Å²) in [5.74, 6) is 1.10. The quantitative estimate of drug-likeness (QED) is 0.869. The van der Waals surface area contributed by atoms with Gasteiger partial charge in [0.05, 0.1) is 0 Å². The minimum absolute atomic E-state index is 0.00977. The maximum atomic E-state index is 12.2. The number of hydrogen-bond acceptors (Lipinski definition) is 3. The molecule has 1 rings (SSSR count). The number of amides is 1. The predicted octanol–water partition coefficient (Wildman–Crippen LogP) is 2.38. The van der Waals surface area contributed by atoms with Crippen molar-refractivity contribution in [3.63, 3.8) is 0 Å². The highest BCUT2D eigenvalue weighted by Gasteiger charge is 2.22. The zero-order valence-electron chi connectivity index (χ0n) is 13.1. The van der Waals surface area contributed by atoms with Crippen LogP contribution in [0.4, 0.5) is 0 Å². The largest absolute Gasteiger partial charge is 0.481 e. The summed E-state index contributed by atoms with van der Waals surface area (Å²) >= 11 is 0. The van der Waals surface area contributed by atoms with E-state index >= 15 is 0 Å². The Morgan fingerprint density at radius 3 is 2.50 bits per heavy atom. The minimum Gasteiger partial charge on any atom is -0.481 e. The number of nitrogens with two attached hydrogens (primary N) is 1. The molecular formula is C16H26N2O2. The number of likely N-dealkylation sites (N-methyl/N-ethyl adjacent to an activating group) is 1. The number of carbonyl (C=O) groups is 1. The lowest BCUT2D eigenvalue weighted by Gasteiger charge is -2.27. The van der Waals surface area contributed by atoms with Gasteiger partial charge in [0.2, 0.25) is 0 Å². The Labute approximate surface area is 121 Å². The number of nitrogens with zero attached hydrogens (tertiary/aromatic N) is 1. The van der Waals surface area contributed by atoms with Crippen LogP contribution in [0.1, 0.15) is 39.2 Å². The molecule has 0 aromatic heterocycles. The Hall–Kier alpha value is -1.55. The molecule has 20 heavy (non-hydrogen) atoms. The fraction of sp³-hybridized carbons (Fsp3) is 0.562. The average molecular weight is 278 g/mol. The smallest absolute Gasteiger partial charge is 0.263 e. The van der Waals surface area contributed by atoms with Crippen LogP contribution in [0.5, 0.6) is 5.75 Å². The Morgan fingerprint density at radius 2 is 1.95 bits per heavy atom. The molecule has 0 saturated heterocycles. The standard InChI is InChI=1S/C16H26N2O2/c1-11(2)14-7-6-8-15(9-14)20-13(4)16(19)18(5)12(3)10-17/h6-9,11-13H,10,17H2,1-5H3. The third-order valence-electron chi connectivity index (χ3n) is 3.54. The predicted molar refractivity (Wildman–Crippen MR) is 81.9 cm³/mol. The monoisotopic (exact) mass is 278 g/mol. The maximum Gasteiger partial charge on any atom is 0.263 e. The van der Waals surface area contributed by atoms with Gasteiger partial charge in [-0.05, 0) is 37.5 Å². The Bertz CT molecular complexity index is 446. The Kier molecular flexibility index (Phi) is 6.02. The van der Waals surface area contributed by atoms with E-state index in [1.165, 1.54) is 5.56 Å². The first-order valence-corrected chi connectivity index (χ1v) is 7.10. The number of ether oxygens (including phenoxy) is 1. The second-order valence-corrected chi connectivity index (χ2v) is 5.52. The molecule has 0 radical (unpaired) electrons. The molecule has 0 aliphatic rings. The van der Waals surface area contributed by atoms with E-state index in [0.29, 0.717) is 12.5 Å². The summed E-state index contributed by atoms with van der Waals surface area (Å²) in [6.45, 7) is 8.39. The van der Waals surface area contributed by atoms with E-state index < -0.39 is 6.10 Å². The summed E-state index contributed by atoms with van der Waals surface area (Å²) in [5.41, 5.74) is 6.78. The zero-order valence-corrected chi connectivity index (χ0v) is 13.1. The molecule has 2 atom stereocenters. The maximum absolute atomic E-state index is 12.2. The fourth-order valence-corrected chi connectivity index (χ4v) is 1.86. The van der Waals surface area contributed by atoms with Crippen molar-refractivity contribution in [3.8, 4) is 5.75 Å². The average Bonchev–Trinajstić information content (AvgIpc) is 2.44. The van der Waals surface area contributed by atoms with E-state index in [2.05, 4.69) is 19.9 Å². The topological polar surface area (TPSA) is 55.6 Å². The van der Waals surface area contributed by atoms with E-state index in [1.54, 1.807) is 18.9 Å². The molecule has 1 amide bonds. The van der Waals surface area contributed by atoms with Crippen molar-refractivity contribution < 1.29 is 9.53 Å². The number of rotatable bonds is 6. The highest BCUT2D eigenvalue weighted by Crippen LogP contribution is 2.21. The highest BCUT2D eigenvalue weighted by atomic mass is 16.5. The van der Waals surface area contributed by atoms with Crippen molar-refractivity contribution in [2.75, 3.05) is 13.6 Å². The van der Waals surface area contributed by atoms with E-state index in [9.17, 15) is 4.79 Å².